The lowest BCUT2D eigenvalue weighted by Crippen LogP contribution is -2.03. The minimum atomic E-state index is -0.687. The minimum absolute atomic E-state index is 0.462. The van der Waals surface area contributed by atoms with Gasteiger partial charge < -0.3 is 5.11 Å². The van der Waals surface area contributed by atoms with E-state index in [1.54, 1.807) is 0 Å². The zero-order valence-corrected chi connectivity index (χ0v) is 10.7. The molecule has 1 atom stereocenters. The highest BCUT2D eigenvalue weighted by Gasteiger charge is 2.04. The summed E-state index contributed by atoms with van der Waals surface area (Å²) in [5.74, 6) is 5.80. The molecule has 94 valence electrons. The van der Waals surface area contributed by atoms with Gasteiger partial charge in [0.2, 0.25) is 0 Å². The van der Waals surface area contributed by atoms with Crippen molar-refractivity contribution >= 4 is 5.57 Å². The maximum Gasteiger partial charge on any atom is 0.119 e. The zero-order valence-electron chi connectivity index (χ0n) is 10.7. The Labute approximate surface area is 114 Å². The molecule has 0 spiro atoms. The van der Waals surface area contributed by atoms with Crippen molar-refractivity contribution in [1.82, 2.24) is 0 Å². The number of aliphatic hydroxyl groups is 1. The van der Waals surface area contributed by atoms with Crippen LogP contribution in [-0.4, -0.2) is 11.2 Å². The molecule has 1 heteroatoms. The molecule has 1 N–H and O–H groups in total. The van der Waals surface area contributed by atoms with E-state index in [4.69, 9.17) is 0 Å². The molecule has 19 heavy (non-hydrogen) atoms. The molecular formula is C18H16O. The van der Waals surface area contributed by atoms with Gasteiger partial charge in [-0.05, 0) is 23.3 Å². The van der Waals surface area contributed by atoms with Gasteiger partial charge in [-0.2, -0.15) is 0 Å². The summed E-state index contributed by atoms with van der Waals surface area (Å²) in [5, 5.41) is 9.91. The topological polar surface area (TPSA) is 20.2 Å². The Morgan fingerprint density at radius 1 is 1.00 bits per heavy atom. The molecule has 0 fully saturated rings. The summed E-state index contributed by atoms with van der Waals surface area (Å²) in [4.78, 5) is 0. The highest BCUT2D eigenvalue weighted by molar-refractivity contribution is 5.63. The highest BCUT2D eigenvalue weighted by atomic mass is 16.3. The summed E-state index contributed by atoms with van der Waals surface area (Å²) >= 11 is 0. The minimum Gasteiger partial charge on any atom is -0.380 e. The molecule has 1 nitrogen and oxygen atoms in total. The van der Waals surface area contributed by atoms with Crippen LogP contribution in [0.25, 0.3) is 5.57 Å². The predicted molar refractivity (Wildman–Crippen MR) is 79.4 cm³/mol. The lowest BCUT2D eigenvalue weighted by Gasteiger charge is -2.07. The molecule has 0 aromatic heterocycles. The van der Waals surface area contributed by atoms with E-state index in [0.717, 1.165) is 16.7 Å². The molecular weight excluding hydrogens is 232 g/mol. The van der Waals surface area contributed by atoms with Crippen LogP contribution in [0.15, 0.2) is 67.2 Å². The van der Waals surface area contributed by atoms with Crippen molar-refractivity contribution in [2.75, 3.05) is 0 Å². The molecule has 0 saturated carbocycles. The van der Waals surface area contributed by atoms with Crippen LogP contribution in [0, 0.1) is 11.8 Å². The Morgan fingerprint density at radius 3 is 2.21 bits per heavy atom. The van der Waals surface area contributed by atoms with Crippen molar-refractivity contribution in [2.45, 2.75) is 12.5 Å². The van der Waals surface area contributed by atoms with Crippen LogP contribution in [0.3, 0.4) is 0 Å². The fraction of sp³-hybridized carbons (Fsp3) is 0.111. The normalized spacial score (nSPS) is 11.2. The van der Waals surface area contributed by atoms with Crippen molar-refractivity contribution in [3.05, 3.63) is 78.4 Å². The lowest BCUT2D eigenvalue weighted by molar-refractivity contribution is 0.239. The molecule has 0 radical (unpaired) electrons. The Morgan fingerprint density at radius 2 is 1.58 bits per heavy atom. The lowest BCUT2D eigenvalue weighted by atomic mass is 10.0. The van der Waals surface area contributed by atoms with Gasteiger partial charge in [0.15, 0.2) is 0 Å². The second kappa shape index (κ2) is 6.58. The summed E-state index contributed by atoms with van der Waals surface area (Å²) in [5.41, 5.74) is 2.85. The van der Waals surface area contributed by atoms with E-state index in [-0.39, 0.29) is 0 Å². The second-order valence-electron chi connectivity index (χ2n) is 4.32. The van der Waals surface area contributed by atoms with Gasteiger partial charge in [0.05, 0.1) is 0 Å². The molecule has 1 unspecified atom stereocenters. The van der Waals surface area contributed by atoms with Crippen molar-refractivity contribution in [3.63, 3.8) is 0 Å². The van der Waals surface area contributed by atoms with Crippen molar-refractivity contribution in [3.8, 4) is 11.8 Å². The average molecular weight is 248 g/mol. The zero-order chi connectivity index (χ0) is 13.5. The van der Waals surface area contributed by atoms with Gasteiger partial charge in [-0.25, -0.2) is 0 Å². The Bertz CT molecular complexity index is 588. The van der Waals surface area contributed by atoms with Gasteiger partial charge in [-0.1, -0.05) is 67.0 Å². The van der Waals surface area contributed by atoms with E-state index in [0.29, 0.717) is 6.42 Å². The second-order valence-corrected chi connectivity index (χ2v) is 4.32. The number of hydrogen-bond donors (Lipinski definition) is 1. The number of hydrogen-bond acceptors (Lipinski definition) is 1. The van der Waals surface area contributed by atoms with Crippen LogP contribution in [0.2, 0.25) is 0 Å². The first-order chi connectivity index (χ1) is 9.25. The maximum atomic E-state index is 9.91. The summed E-state index contributed by atoms with van der Waals surface area (Å²) < 4.78 is 0. The smallest absolute Gasteiger partial charge is 0.119 e. The van der Waals surface area contributed by atoms with Gasteiger partial charge in [0.25, 0.3) is 0 Å². The van der Waals surface area contributed by atoms with E-state index >= 15 is 0 Å². The molecule has 2 rings (SSSR count). The molecule has 0 saturated heterocycles. The number of benzene rings is 2. The van der Waals surface area contributed by atoms with Gasteiger partial charge in [-0.15, -0.1) is 0 Å². The molecule has 0 aliphatic carbocycles. The van der Waals surface area contributed by atoms with E-state index in [1.165, 1.54) is 0 Å². The fourth-order valence-electron chi connectivity index (χ4n) is 1.76. The average Bonchev–Trinajstić information content (AvgIpc) is 2.47. The van der Waals surface area contributed by atoms with Crippen LogP contribution < -0.4 is 0 Å². The predicted octanol–water partition coefficient (Wildman–Crippen LogP) is 3.50. The van der Waals surface area contributed by atoms with Crippen LogP contribution in [-0.2, 0) is 0 Å². The first kappa shape index (κ1) is 13.1. The molecule has 0 heterocycles. The first-order valence-corrected chi connectivity index (χ1v) is 6.23. The SMILES string of the molecule is C=C(CC(O)C#Cc1ccccc1)c1ccccc1. The molecule has 0 aliphatic heterocycles. The highest BCUT2D eigenvalue weighted by Crippen LogP contribution is 2.17. The molecule has 0 bridgehead atoms. The molecule has 0 aliphatic rings. The van der Waals surface area contributed by atoms with E-state index in [2.05, 4.69) is 18.4 Å². The van der Waals surface area contributed by atoms with Crippen molar-refractivity contribution in [1.29, 1.82) is 0 Å². The standard InChI is InChI=1S/C18H16O/c1-15(17-10-6-3-7-11-17)14-18(19)13-12-16-8-4-2-5-9-16/h2-11,18-19H,1,14H2. The van der Waals surface area contributed by atoms with E-state index in [9.17, 15) is 5.11 Å². The molecule has 0 amide bonds. The van der Waals surface area contributed by atoms with Gasteiger partial charge >= 0.3 is 0 Å². The molecule has 2 aromatic rings. The van der Waals surface area contributed by atoms with Gasteiger partial charge in [-0.3, -0.25) is 0 Å². The summed E-state index contributed by atoms with van der Waals surface area (Å²) in [6, 6.07) is 19.5. The van der Waals surface area contributed by atoms with Crippen molar-refractivity contribution < 1.29 is 5.11 Å². The Balaban J connectivity index is 1.97. The monoisotopic (exact) mass is 248 g/mol. The van der Waals surface area contributed by atoms with Crippen LogP contribution in [0.5, 0.6) is 0 Å². The quantitative estimate of drug-likeness (QED) is 0.824. The fourth-order valence-corrected chi connectivity index (χ4v) is 1.76. The summed E-state index contributed by atoms with van der Waals surface area (Å²) in [7, 11) is 0. The Kier molecular flexibility index (Phi) is 4.55. The van der Waals surface area contributed by atoms with Crippen LogP contribution >= 0.6 is 0 Å². The third-order valence-corrected chi connectivity index (χ3v) is 2.78. The van der Waals surface area contributed by atoms with Crippen molar-refractivity contribution in [2.24, 2.45) is 0 Å². The van der Waals surface area contributed by atoms with E-state index < -0.39 is 6.10 Å². The first-order valence-electron chi connectivity index (χ1n) is 6.23. The number of aliphatic hydroxyl groups excluding tert-OH is 1. The molecule has 2 aromatic carbocycles. The summed E-state index contributed by atoms with van der Waals surface area (Å²) in [6.07, 6.45) is -0.225. The van der Waals surface area contributed by atoms with Gasteiger partial charge in [0, 0.05) is 12.0 Å². The number of rotatable bonds is 3. The van der Waals surface area contributed by atoms with Crippen LogP contribution in [0.1, 0.15) is 17.5 Å². The van der Waals surface area contributed by atoms with Crippen LogP contribution in [0.4, 0.5) is 0 Å². The maximum absolute atomic E-state index is 9.91. The largest absolute Gasteiger partial charge is 0.380 e. The third-order valence-electron chi connectivity index (χ3n) is 2.78. The third kappa shape index (κ3) is 4.13. The Hall–Kier alpha value is -2.30. The summed E-state index contributed by atoms with van der Waals surface area (Å²) in [6.45, 7) is 3.99. The van der Waals surface area contributed by atoms with Gasteiger partial charge in [0.1, 0.15) is 6.10 Å². The van der Waals surface area contributed by atoms with E-state index in [1.807, 2.05) is 60.7 Å².